The molecule has 2 aliphatic rings. The second-order valence-corrected chi connectivity index (χ2v) is 5.57. The van der Waals surface area contributed by atoms with Crippen molar-refractivity contribution in [1.29, 1.82) is 0 Å². The molecule has 2 amide bonds. The normalized spacial score (nSPS) is 23.7. The molecule has 5 nitrogen and oxygen atoms in total. The van der Waals surface area contributed by atoms with Crippen LogP contribution in [-0.4, -0.2) is 17.9 Å². The third-order valence-electron chi connectivity index (χ3n) is 4.11. The molecule has 1 unspecified atom stereocenters. The van der Waals surface area contributed by atoms with Crippen LogP contribution in [0.2, 0.25) is 0 Å². The number of nitrogen functional groups attached to an aromatic ring is 1. The lowest BCUT2D eigenvalue weighted by molar-refractivity contribution is -0.126. The highest BCUT2D eigenvalue weighted by Crippen LogP contribution is 2.31. The summed E-state index contributed by atoms with van der Waals surface area (Å²) in [5.74, 6) is -0.118. The van der Waals surface area contributed by atoms with Crippen LogP contribution >= 0.6 is 12.4 Å². The summed E-state index contributed by atoms with van der Waals surface area (Å²) in [6.45, 7) is 0. The second kappa shape index (κ2) is 6.35. The molecule has 2 atom stereocenters. The summed E-state index contributed by atoms with van der Waals surface area (Å²) in [5, 5.41) is 5.77. The van der Waals surface area contributed by atoms with Gasteiger partial charge >= 0.3 is 0 Å². The molecular weight excluding hydrogens is 290 g/mol. The van der Waals surface area contributed by atoms with E-state index in [1.54, 1.807) is 0 Å². The molecule has 4 N–H and O–H groups in total. The zero-order valence-corrected chi connectivity index (χ0v) is 12.5. The van der Waals surface area contributed by atoms with Gasteiger partial charge in [-0.3, -0.25) is 9.59 Å². The first-order valence-electron chi connectivity index (χ1n) is 7.11. The highest BCUT2D eigenvalue weighted by molar-refractivity contribution is 5.91. The number of halogens is 1. The van der Waals surface area contributed by atoms with Crippen LogP contribution in [-0.2, 0) is 16.0 Å². The molecule has 1 aromatic rings. The SMILES string of the molecule is Cl.Nc1ccc2c(c1)CCCC2NC(=O)[C@@H]1CCC(=O)N1. The van der Waals surface area contributed by atoms with Gasteiger partial charge in [0.15, 0.2) is 0 Å². The van der Waals surface area contributed by atoms with Crippen molar-refractivity contribution < 1.29 is 9.59 Å². The lowest BCUT2D eigenvalue weighted by Gasteiger charge is -2.27. The number of rotatable bonds is 2. The van der Waals surface area contributed by atoms with E-state index in [0.717, 1.165) is 30.5 Å². The van der Waals surface area contributed by atoms with Crippen LogP contribution in [0.5, 0.6) is 0 Å². The zero-order valence-electron chi connectivity index (χ0n) is 11.7. The first-order valence-corrected chi connectivity index (χ1v) is 7.11. The van der Waals surface area contributed by atoms with Gasteiger partial charge in [0.25, 0.3) is 0 Å². The molecule has 6 heteroatoms. The molecule has 1 heterocycles. The first-order chi connectivity index (χ1) is 9.63. The van der Waals surface area contributed by atoms with Gasteiger partial charge in [0.05, 0.1) is 6.04 Å². The van der Waals surface area contributed by atoms with Gasteiger partial charge in [-0.25, -0.2) is 0 Å². The largest absolute Gasteiger partial charge is 0.399 e. The van der Waals surface area contributed by atoms with Crippen LogP contribution in [0, 0.1) is 0 Å². The molecule has 1 fully saturated rings. The van der Waals surface area contributed by atoms with Crippen LogP contribution in [0.3, 0.4) is 0 Å². The number of aryl methyl sites for hydroxylation is 1. The lowest BCUT2D eigenvalue weighted by atomic mass is 9.87. The third kappa shape index (κ3) is 3.29. The van der Waals surface area contributed by atoms with Crippen LogP contribution < -0.4 is 16.4 Å². The Morgan fingerprint density at radius 1 is 1.29 bits per heavy atom. The number of hydrogen-bond acceptors (Lipinski definition) is 3. The van der Waals surface area contributed by atoms with Crippen molar-refractivity contribution in [1.82, 2.24) is 10.6 Å². The summed E-state index contributed by atoms with van der Waals surface area (Å²) in [6.07, 6.45) is 4.01. The second-order valence-electron chi connectivity index (χ2n) is 5.57. The van der Waals surface area contributed by atoms with Gasteiger partial charge in [-0.05, 0) is 48.9 Å². The molecule has 0 radical (unpaired) electrons. The molecule has 0 spiro atoms. The maximum atomic E-state index is 12.2. The van der Waals surface area contributed by atoms with E-state index in [9.17, 15) is 9.59 Å². The number of fused-ring (bicyclic) bond motifs is 1. The Balaban J connectivity index is 0.00000161. The fourth-order valence-electron chi connectivity index (χ4n) is 3.07. The number of carbonyl (C=O) groups excluding carboxylic acids is 2. The minimum absolute atomic E-state index is 0. The van der Waals surface area contributed by atoms with Crippen LogP contribution in [0.1, 0.15) is 42.9 Å². The van der Waals surface area contributed by atoms with E-state index < -0.39 is 0 Å². The van der Waals surface area contributed by atoms with Gasteiger partial charge < -0.3 is 16.4 Å². The fourth-order valence-corrected chi connectivity index (χ4v) is 3.07. The number of nitrogens with two attached hydrogens (primary N) is 1. The van der Waals surface area contributed by atoms with Crippen LogP contribution in [0.25, 0.3) is 0 Å². The van der Waals surface area contributed by atoms with E-state index in [2.05, 4.69) is 10.6 Å². The Morgan fingerprint density at radius 3 is 2.81 bits per heavy atom. The minimum atomic E-state index is -0.373. The lowest BCUT2D eigenvalue weighted by Crippen LogP contribution is -2.43. The van der Waals surface area contributed by atoms with Gasteiger partial charge in [-0.1, -0.05) is 6.07 Å². The molecule has 3 rings (SSSR count). The van der Waals surface area contributed by atoms with Crippen molar-refractivity contribution >= 4 is 29.9 Å². The van der Waals surface area contributed by atoms with Crippen molar-refractivity contribution in [3.63, 3.8) is 0 Å². The summed E-state index contributed by atoms with van der Waals surface area (Å²) in [6, 6.07) is 5.53. The summed E-state index contributed by atoms with van der Waals surface area (Å²) in [7, 11) is 0. The molecule has 21 heavy (non-hydrogen) atoms. The molecule has 114 valence electrons. The van der Waals surface area contributed by atoms with E-state index in [-0.39, 0.29) is 36.3 Å². The average molecular weight is 310 g/mol. The van der Waals surface area contributed by atoms with Gasteiger partial charge in [0.1, 0.15) is 6.04 Å². The van der Waals surface area contributed by atoms with E-state index in [4.69, 9.17) is 5.73 Å². The van der Waals surface area contributed by atoms with Crippen molar-refractivity contribution in [2.24, 2.45) is 0 Å². The molecule has 1 aliphatic heterocycles. The maximum Gasteiger partial charge on any atom is 0.243 e. The molecule has 0 aromatic heterocycles. The molecule has 1 aromatic carbocycles. The summed E-state index contributed by atoms with van der Waals surface area (Å²) in [4.78, 5) is 23.4. The standard InChI is InChI=1S/C15H19N3O2.ClH/c16-10-4-5-11-9(8-10)2-1-3-12(11)18-15(20)13-6-7-14(19)17-13;/h4-5,8,12-13H,1-3,6-7,16H2,(H,17,19)(H,18,20);1H/t12?,13-;/m0./s1. The van der Waals surface area contributed by atoms with Gasteiger partial charge in [0.2, 0.25) is 11.8 Å². The highest BCUT2D eigenvalue weighted by atomic mass is 35.5. The molecule has 1 saturated heterocycles. The van der Waals surface area contributed by atoms with Crippen LogP contribution in [0.4, 0.5) is 5.69 Å². The maximum absolute atomic E-state index is 12.2. The minimum Gasteiger partial charge on any atom is -0.399 e. The van der Waals surface area contributed by atoms with Gasteiger partial charge in [0, 0.05) is 12.1 Å². The fraction of sp³-hybridized carbons (Fsp3) is 0.467. The Labute approximate surface area is 130 Å². The topological polar surface area (TPSA) is 84.2 Å². The number of anilines is 1. The predicted octanol–water partition coefficient (Wildman–Crippen LogP) is 1.46. The first kappa shape index (κ1) is 15.6. The van der Waals surface area contributed by atoms with E-state index >= 15 is 0 Å². The van der Waals surface area contributed by atoms with E-state index in [1.807, 2.05) is 18.2 Å². The van der Waals surface area contributed by atoms with E-state index in [1.165, 1.54) is 5.56 Å². The summed E-state index contributed by atoms with van der Waals surface area (Å²) < 4.78 is 0. The van der Waals surface area contributed by atoms with Gasteiger partial charge in [-0.15, -0.1) is 12.4 Å². The number of benzene rings is 1. The Kier molecular flexibility index (Phi) is 4.73. The Bertz CT molecular complexity index is 562. The van der Waals surface area contributed by atoms with Crippen molar-refractivity contribution in [2.75, 3.05) is 5.73 Å². The van der Waals surface area contributed by atoms with Crippen LogP contribution in [0.15, 0.2) is 18.2 Å². The van der Waals surface area contributed by atoms with Crippen molar-refractivity contribution in [2.45, 2.75) is 44.2 Å². The molecule has 0 saturated carbocycles. The Morgan fingerprint density at radius 2 is 2.10 bits per heavy atom. The third-order valence-corrected chi connectivity index (χ3v) is 4.11. The van der Waals surface area contributed by atoms with Crippen molar-refractivity contribution in [3.05, 3.63) is 29.3 Å². The van der Waals surface area contributed by atoms with E-state index in [0.29, 0.717) is 12.8 Å². The average Bonchev–Trinajstić information content (AvgIpc) is 2.85. The van der Waals surface area contributed by atoms with Crippen molar-refractivity contribution in [3.8, 4) is 0 Å². The molecule has 0 bridgehead atoms. The highest BCUT2D eigenvalue weighted by Gasteiger charge is 2.30. The smallest absolute Gasteiger partial charge is 0.243 e. The number of carbonyl (C=O) groups is 2. The number of amides is 2. The molecule has 1 aliphatic carbocycles. The number of nitrogens with one attached hydrogen (secondary N) is 2. The summed E-state index contributed by atoms with van der Waals surface area (Å²) in [5.41, 5.74) is 8.95. The number of hydrogen-bond donors (Lipinski definition) is 3. The van der Waals surface area contributed by atoms with Gasteiger partial charge in [-0.2, -0.15) is 0 Å². The molecular formula is C15H20ClN3O2. The zero-order chi connectivity index (χ0) is 14.1. The Hall–Kier alpha value is -1.75. The predicted molar refractivity (Wildman–Crippen MR) is 83.1 cm³/mol. The summed E-state index contributed by atoms with van der Waals surface area (Å²) >= 11 is 0. The quantitative estimate of drug-likeness (QED) is 0.723. The monoisotopic (exact) mass is 309 g/mol.